The molecule has 1 aromatic carbocycles. The maximum atomic E-state index is 8.71. The maximum absolute atomic E-state index is 8.71. The molecular formula is C11H8INS. The van der Waals surface area contributed by atoms with Gasteiger partial charge in [-0.3, -0.25) is 0 Å². The Kier molecular flexibility index (Phi) is 2.75. The van der Waals surface area contributed by atoms with Crippen LogP contribution in [0.1, 0.15) is 11.1 Å². The Morgan fingerprint density at radius 1 is 1.50 bits per heavy atom. The lowest BCUT2D eigenvalue weighted by atomic mass is 10.1. The molecule has 0 saturated carbocycles. The molecule has 70 valence electrons. The van der Waals surface area contributed by atoms with Crippen LogP contribution in [0.15, 0.2) is 17.5 Å². The molecule has 1 nitrogen and oxygen atoms in total. The van der Waals surface area contributed by atoms with E-state index in [1.807, 2.05) is 0 Å². The lowest BCUT2D eigenvalue weighted by Crippen LogP contribution is -1.82. The molecule has 0 unspecified atom stereocenters. The highest BCUT2D eigenvalue weighted by Gasteiger charge is 2.08. The van der Waals surface area contributed by atoms with Crippen LogP contribution < -0.4 is 0 Å². The van der Waals surface area contributed by atoms with Crippen LogP contribution in [0.5, 0.6) is 0 Å². The number of aryl methyl sites for hydroxylation is 1. The topological polar surface area (TPSA) is 23.8 Å². The third-order valence-electron chi connectivity index (χ3n) is 2.23. The number of rotatable bonds is 1. The monoisotopic (exact) mass is 313 g/mol. The van der Waals surface area contributed by atoms with Gasteiger partial charge in [0.05, 0.1) is 12.5 Å². The van der Waals surface area contributed by atoms with Crippen molar-refractivity contribution < 1.29 is 0 Å². The molecular weight excluding hydrogens is 305 g/mol. The van der Waals surface area contributed by atoms with Gasteiger partial charge in [-0.2, -0.15) is 5.26 Å². The maximum Gasteiger partial charge on any atom is 0.0670 e. The van der Waals surface area contributed by atoms with E-state index < -0.39 is 0 Å². The number of halogens is 1. The Morgan fingerprint density at radius 3 is 3.00 bits per heavy atom. The normalized spacial score (nSPS) is 10.4. The summed E-state index contributed by atoms with van der Waals surface area (Å²) >= 11 is 4.08. The van der Waals surface area contributed by atoms with E-state index in [9.17, 15) is 0 Å². The highest BCUT2D eigenvalue weighted by molar-refractivity contribution is 14.1. The standard InChI is InChI=1S/C11H8INS/c1-7-2-3-9(12)11-10(7)8(4-5-13)6-14-11/h2-3,6H,4H2,1H3. The smallest absolute Gasteiger partial charge is 0.0670 e. The molecule has 0 atom stereocenters. The molecule has 0 N–H and O–H groups in total. The zero-order valence-corrected chi connectivity index (χ0v) is 10.6. The number of hydrogen-bond donors (Lipinski definition) is 0. The van der Waals surface area contributed by atoms with Gasteiger partial charge in [-0.05, 0) is 52.1 Å². The first kappa shape index (κ1) is 9.94. The van der Waals surface area contributed by atoms with E-state index in [0.717, 1.165) is 0 Å². The molecule has 0 saturated heterocycles. The van der Waals surface area contributed by atoms with Crippen molar-refractivity contribution in [3.63, 3.8) is 0 Å². The van der Waals surface area contributed by atoms with Crippen molar-refractivity contribution in [1.82, 2.24) is 0 Å². The van der Waals surface area contributed by atoms with Crippen LogP contribution in [0.3, 0.4) is 0 Å². The Hall–Kier alpha value is -0.600. The summed E-state index contributed by atoms with van der Waals surface area (Å²) in [7, 11) is 0. The molecule has 14 heavy (non-hydrogen) atoms. The summed E-state index contributed by atoms with van der Waals surface area (Å²) in [6, 6.07) is 6.47. The van der Waals surface area contributed by atoms with E-state index in [4.69, 9.17) is 5.26 Å². The Morgan fingerprint density at radius 2 is 2.29 bits per heavy atom. The lowest BCUT2D eigenvalue weighted by Gasteiger charge is -2.00. The summed E-state index contributed by atoms with van der Waals surface area (Å²) in [5.41, 5.74) is 2.44. The predicted octanol–water partition coefficient (Wildman–Crippen LogP) is 3.88. The zero-order chi connectivity index (χ0) is 10.1. The average molecular weight is 313 g/mol. The number of nitrogens with zero attached hydrogens (tertiary/aromatic N) is 1. The second-order valence-corrected chi connectivity index (χ2v) is 5.21. The lowest BCUT2D eigenvalue weighted by molar-refractivity contribution is 1.30. The van der Waals surface area contributed by atoms with Gasteiger partial charge in [-0.15, -0.1) is 11.3 Å². The van der Waals surface area contributed by atoms with Crippen molar-refractivity contribution in [2.45, 2.75) is 13.3 Å². The number of benzene rings is 1. The van der Waals surface area contributed by atoms with Gasteiger partial charge in [0, 0.05) is 13.7 Å². The third kappa shape index (κ3) is 1.53. The molecule has 0 aliphatic carbocycles. The molecule has 0 spiro atoms. The number of thiophene rings is 1. The fraction of sp³-hybridized carbons (Fsp3) is 0.182. The highest BCUT2D eigenvalue weighted by atomic mass is 127. The van der Waals surface area contributed by atoms with E-state index >= 15 is 0 Å². The van der Waals surface area contributed by atoms with Gasteiger partial charge in [0.2, 0.25) is 0 Å². The van der Waals surface area contributed by atoms with Crippen LogP contribution in [-0.2, 0) is 6.42 Å². The number of nitriles is 1. The molecule has 0 aliphatic rings. The van der Waals surface area contributed by atoms with Gasteiger partial charge in [0.25, 0.3) is 0 Å². The van der Waals surface area contributed by atoms with Crippen molar-refractivity contribution >= 4 is 44.0 Å². The number of hydrogen-bond acceptors (Lipinski definition) is 2. The summed E-state index contributed by atoms with van der Waals surface area (Å²) in [6.07, 6.45) is 0.515. The van der Waals surface area contributed by atoms with E-state index in [-0.39, 0.29) is 0 Å². The van der Waals surface area contributed by atoms with Gasteiger partial charge in [-0.1, -0.05) is 6.07 Å². The van der Waals surface area contributed by atoms with Crippen molar-refractivity contribution in [3.05, 3.63) is 32.2 Å². The minimum absolute atomic E-state index is 0.515. The largest absolute Gasteiger partial charge is 0.198 e. The van der Waals surface area contributed by atoms with Gasteiger partial charge >= 0.3 is 0 Å². The zero-order valence-electron chi connectivity index (χ0n) is 7.67. The van der Waals surface area contributed by atoms with Crippen LogP contribution >= 0.6 is 33.9 Å². The van der Waals surface area contributed by atoms with Crippen molar-refractivity contribution in [2.24, 2.45) is 0 Å². The van der Waals surface area contributed by atoms with Crippen LogP contribution in [0.4, 0.5) is 0 Å². The van der Waals surface area contributed by atoms with Crippen molar-refractivity contribution in [1.29, 1.82) is 5.26 Å². The molecule has 2 aromatic rings. The highest BCUT2D eigenvalue weighted by Crippen LogP contribution is 2.32. The quantitative estimate of drug-likeness (QED) is 0.733. The molecule has 0 amide bonds. The predicted molar refractivity (Wildman–Crippen MR) is 68.6 cm³/mol. The van der Waals surface area contributed by atoms with Crippen molar-refractivity contribution in [2.75, 3.05) is 0 Å². The molecule has 1 aromatic heterocycles. The summed E-state index contributed by atoms with van der Waals surface area (Å²) in [5, 5.41) is 12.1. The first-order valence-corrected chi connectivity index (χ1v) is 6.22. The summed E-state index contributed by atoms with van der Waals surface area (Å²) in [5.74, 6) is 0. The minimum Gasteiger partial charge on any atom is -0.198 e. The first-order valence-electron chi connectivity index (χ1n) is 4.26. The van der Waals surface area contributed by atoms with Gasteiger partial charge in [0.1, 0.15) is 0 Å². The van der Waals surface area contributed by atoms with E-state index in [2.05, 4.69) is 53.1 Å². The Labute approximate surface area is 101 Å². The van der Waals surface area contributed by atoms with Crippen LogP contribution in [-0.4, -0.2) is 0 Å². The van der Waals surface area contributed by atoms with Gasteiger partial charge in [0.15, 0.2) is 0 Å². The van der Waals surface area contributed by atoms with E-state index in [1.165, 1.54) is 24.8 Å². The van der Waals surface area contributed by atoms with Crippen molar-refractivity contribution in [3.8, 4) is 6.07 Å². The van der Waals surface area contributed by atoms with Crippen LogP contribution in [0, 0.1) is 21.8 Å². The molecule has 0 radical (unpaired) electrons. The molecule has 0 aliphatic heterocycles. The summed E-state index contributed by atoms with van der Waals surface area (Å²) in [4.78, 5) is 0. The second-order valence-electron chi connectivity index (χ2n) is 3.16. The van der Waals surface area contributed by atoms with E-state index in [1.54, 1.807) is 11.3 Å². The Bertz CT molecular complexity index is 522. The van der Waals surface area contributed by atoms with Gasteiger partial charge < -0.3 is 0 Å². The van der Waals surface area contributed by atoms with Gasteiger partial charge in [-0.25, -0.2) is 0 Å². The van der Waals surface area contributed by atoms with Crippen LogP contribution in [0.25, 0.3) is 10.1 Å². The van der Waals surface area contributed by atoms with Crippen LogP contribution in [0.2, 0.25) is 0 Å². The molecule has 0 bridgehead atoms. The summed E-state index contributed by atoms with van der Waals surface area (Å²) in [6.45, 7) is 2.10. The fourth-order valence-corrected chi connectivity index (χ4v) is 3.46. The molecule has 2 rings (SSSR count). The van der Waals surface area contributed by atoms with E-state index in [0.29, 0.717) is 6.42 Å². The SMILES string of the molecule is Cc1ccc(I)c2scc(CC#N)c12. The average Bonchev–Trinajstić information content (AvgIpc) is 2.58. The molecule has 0 fully saturated rings. The molecule has 3 heteroatoms. The first-order chi connectivity index (χ1) is 6.74. The minimum atomic E-state index is 0.515. The summed E-state index contributed by atoms with van der Waals surface area (Å²) < 4.78 is 2.59. The number of fused-ring (bicyclic) bond motifs is 1. The molecule has 1 heterocycles. The third-order valence-corrected chi connectivity index (χ3v) is 4.55. The Balaban J connectivity index is 2.78. The second kappa shape index (κ2) is 3.87. The fourth-order valence-electron chi connectivity index (χ4n) is 1.57.